The van der Waals surface area contributed by atoms with E-state index in [2.05, 4.69) is 5.32 Å². The monoisotopic (exact) mass is 345 g/mol. The van der Waals surface area contributed by atoms with Gasteiger partial charge in [-0.05, 0) is 56.0 Å². The van der Waals surface area contributed by atoms with Gasteiger partial charge >= 0.3 is 0 Å². The number of carbonyl (C=O) groups is 1. The molecule has 0 heterocycles. The molecule has 0 spiro atoms. The molecule has 0 aliphatic carbocycles. The fraction of sp³-hybridized carbons (Fsp3) is 0.350. The summed E-state index contributed by atoms with van der Waals surface area (Å²) in [5.74, 6) is 0.839. The van der Waals surface area contributed by atoms with E-state index in [4.69, 9.17) is 16.3 Å². The molecule has 1 amide bonds. The van der Waals surface area contributed by atoms with Crippen molar-refractivity contribution < 1.29 is 9.53 Å². The van der Waals surface area contributed by atoms with Crippen LogP contribution in [0.2, 0.25) is 5.02 Å². The molecule has 24 heavy (non-hydrogen) atoms. The summed E-state index contributed by atoms with van der Waals surface area (Å²) in [4.78, 5) is 12.0. The van der Waals surface area contributed by atoms with Gasteiger partial charge in [0.2, 0.25) is 5.91 Å². The predicted octanol–water partition coefficient (Wildman–Crippen LogP) is 4.99. The Hall–Kier alpha value is -2.00. The number of hydrogen-bond acceptors (Lipinski definition) is 2. The molecule has 0 aliphatic heterocycles. The molecule has 2 aromatic rings. The quantitative estimate of drug-likeness (QED) is 0.717. The van der Waals surface area contributed by atoms with Gasteiger partial charge in [-0.25, -0.2) is 0 Å². The minimum absolute atomic E-state index is 0.0150. The lowest BCUT2D eigenvalue weighted by atomic mass is 10.1. The van der Waals surface area contributed by atoms with Gasteiger partial charge < -0.3 is 10.1 Å². The van der Waals surface area contributed by atoms with E-state index < -0.39 is 0 Å². The summed E-state index contributed by atoms with van der Waals surface area (Å²) in [5, 5.41) is 3.78. The number of carbonyl (C=O) groups excluding carboxylic acids is 1. The predicted molar refractivity (Wildman–Crippen MR) is 98.7 cm³/mol. The van der Waals surface area contributed by atoms with Crippen LogP contribution < -0.4 is 10.1 Å². The van der Waals surface area contributed by atoms with E-state index in [0.29, 0.717) is 19.4 Å². The average Bonchev–Trinajstić information content (AvgIpc) is 2.57. The Labute approximate surface area is 149 Å². The van der Waals surface area contributed by atoms with Crippen LogP contribution in [0.25, 0.3) is 0 Å². The van der Waals surface area contributed by atoms with Crippen molar-refractivity contribution in [1.29, 1.82) is 0 Å². The first-order valence-electron chi connectivity index (χ1n) is 8.21. The molecule has 0 aliphatic rings. The molecule has 3 nitrogen and oxygen atoms in total. The van der Waals surface area contributed by atoms with Crippen molar-refractivity contribution in [3.05, 3.63) is 64.2 Å². The topological polar surface area (TPSA) is 38.3 Å². The summed E-state index contributed by atoms with van der Waals surface area (Å²) >= 11 is 6.14. The van der Waals surface area contributed by atoms with Crippen molar-refractivity contribution in [3.63, 3.8) is 0 Å². The molecule has 0 aromatic heterocycles. The highest BCUT2D eigenvalue weighted by Gasteiger charge is 2.09. The second-order valence-electron chi connectivity index (χ2n) is 6.02. The largest absolute Gasteiger partial charge is 0.494 e. The van der Waals surface area contributed by atoms with E-state index in [0.717, 1.165) is 27.5 Å². The highest BCUT2D eigenvalue weighted by atomic mass is 35.5. The third kappa shape index (κ3) is 5.27. The molecule has 0 bridgehead atoms. The van der Waals surface area contributed by atoms with Crippen LogP contribution in [0.4, 0.5) is 0 Å². The van der Waals surface area contributed by atoms with Crippen molar-refractivity contribution in [1.82, 2.24) is 5.32 Å². The number of hydrogen-bond donors (Lipinski definition) is 1. The van der Waals surface area contributed by atoms with E-state index >= 15 is 0 Å². The van der Waals surface area contributed by atoms with E-state index in [-0.39, 0.29) is 11.9 Å². The van der Waals surface area contributed by atoms with Gasteiger partial charge in [-0.1, -0.05) is 41.9 Å². The highest BCUT2D eigenvalue weighted by Crippen LogP contribution is 2.25. The Morgan fingerprint density at radius 1 is 1.17 bits per heavy atom. The molecule has 2 rings (SSSR count). The molecular formula is C20H24ClNO2. The first-order chi connectivity index (χ1) is 11.5. The van der Waals surface area contributed by atoms with Gasteiger partial charge in [-0.3, -0.25) is 4.79 Å². The molecule has 0 unspecified atom stereocenters. The standard InChI is InChI=1S/C20H24ClNO2/c1-14-12-18(13-15(2)20(14)21)24-11-7-10-19(23)22-16(3)17-8-5-4-6-9-17/h4-6,8-9,12-13,16H,7,10-11H2,1-3H3,(H,22,23)/t16-/m0/s1. The van der Waals surface area contributed by atoms with Gasteiger partial charge in [0.05, 0.1) is 12.6 Å². The van der Waals surface area contributed by atoms with E-state index in [1.165, 1.54) is 0 Å². The van der Waals surface area contributed by atoms with Crippen LogP contribution in [0.5, 0.6) is 5.75 Å². The Morgan fingerprint density at radius 3 is 2.42 bits per heavy atom. The Kier molecular flexibility index (Phi) is 6.68. The zero-order valence-electron chi connectivity index (χ0n) is 14.4. The lowest BCUT2D eigenvalue weighted by Gasteiger charge is -2.14. The van der Waals surface area contributed by atoms with E-state index in [9.17, 15) is 4.79 Å². The SMILES string of the molecule is Cc1cc(OCCCC(=O)N[C@@H](C)c2ccccc2)cc(C)c1Cl. The smallest absolute Gasteiger partial charge is 0.220 e. The fourth-order valence-electron chi connectivity index (χ4n) is 2.55. The van der Waals surface area contributed by atoms with Gasteiger partial charge in [-0.15, -0.1) is 0 Å². The molecule has 4 heteroatoms. The Morgan fingerprint density at radius 2 is 1.79 bits per heavy atom. The van der Waals surface area contributed by atoms with Crippen LogP contribution in [0.3, 0.4) is 0 Å². The Bertz CT molecular complexity index is 662. The Balaban J connectivity index is 1.73. The van der Waals surface area contributed by atoms with Crippen LogP contribution >= 0.6 is 11.6 Å². The van der Waals surface area contributed by atoms with Gasteiger partial charge in [-0.2, -0.15) is 0 Å². The van der Waals surface area contributed by atoms with E-state index in [1.54, 1.807) is 0 Å². The lowest BCUT2D eigenvalue weighted by Crippen LogP contribution is -2.26. The number of ether oxygens (including phenoxy) is 1. The van der Waals surface area contributed by atoms with Crippen molar-refractivity contribution in [2.24, 2.45) is 0 Å². The summed E-state index contributed by atoms with van der Waals surface area (Å²) in [7, 11) is 0. The molecule has 2 aromatic carbocycles. The molecular weight excluding hydrogens is 322 g/mol. The highest BCUT2D eigenvalue weighted by molar-refractivity contribution is 6.32. The molecule has 0 fully saturated rings. The molecule has 1 atom stereocenters. The number of halogens is 1. The summed E-state index contributed by atoms with van der Waals surface area (Å²) < 4.78 is 5.72. The number of nitrogens with one attached hydrogen (secondary N) is 1. The summed E-state index contributed by atoms with van der Waals surface area (Å²) in [6.07, 6.45) is 1.12. The first kappa shape index (κ1) is 18.3. The van der Waals surface area contributed by atoms with Gasteiger partial charge in [0, 0.05) is 11.4 Å². The number of benzene rings is 2. The number of aryl methyl sites for hydroxylation is 2. The normalized spacial score (nSPS) is 11.8. The maximum Gasteiger partial charge on any atom is 0.220 e. The van der Waals surface area contributed by atoms with Crippen LogP contribution in [-0.2, 0) is 4.79 Å². The second-order valence-corrected chi connectivity index (χ2v) is 6.40. The third-order valence-corrected chi connectivity index (χ3v) is 4.50. The van der Waals surface area contributed by atoms with Crippen LogP contribution in [0, 0.1) is 13.8 Å². The fourth-order valence-corrected chi connectivity index (χ4v) is 2.66. The molecule has 1 N–H and O–H groups in total. The minimum atomic E-state index is 0.0150. The van der Waals surface area contributed by atoms with E-state index in [1.807, 2.05) is 63.2 Å². The van der Waals surface area contributed by atoms with Crippen molar-refractivity contribution in [3.8, 4) is 5.75 Å². The molecule has 0 radical (unpaired) electrons. The summed E-state index contributed by atoms with van der Waals surface area (Å²) in [5.41, 5.74) is 3.11. The van der Waals surface area contributed by atoms with Crippen LogP contribution in [0.15, 0.2) is 42.5 Å². The third-order valence-electron chi connectivity index (χ3n) is 3.90. The summed E-state index contributed by atoms with van der Waals surface area (Å²) in [6, 6.07) is 13.8. The van der Waals surface area contributed by atoms with Crippen LogP contribution in [0.1, 0.15) is 42.5 Å². The maximum atomic E-state index is 12.0. The zero-order chi connectivity index (χ0) is 17.5. The zero-order valence-corrected chi connectivity index (χ0v) is 15.2. The number of amides is 1. The summed E-state index contributed by atoms with van der Waals surface area (Å²) in [6.45, 7) is 6.41. The second kappa shape index (κ2) is 8.74. The van der Waals surface area contributed by atoms with Crippen molar-refractivity contribution in [2.75, 3.05) is 6.61 Å². The van der Waals surface area contributed by atoms with Gasteiger partial charge in [0.25, 0.3) is 0 Å². The first-order valence-corrected chi connectivity index (χ1v) is 8.59. The minimum Gasteiger partial charge on any atom is -0.494 e. The average molecular weight is 346 g/mol. The van der Waals surface area contributed by atoms with Crippen molar-refractivity contribution >= 4 is 17.5 Å². The molecule has 0 saturated heterocycles. The maximum absolute atomic E-state index is 12.0. The number of rotatable bonds is 7. The van der Waals surface area contributed by atoms with Gasteiger partial charge in [0.1, 0.15) is 5.75 Å². The van der Waals surface area contributed by atoms with Crippen LogP contribution in [-0.4, -0.2) is 12.5 Å². The van der Waals surface area contributed by atoms with Gasteiger partial charge in [0.15, 0.2) is 0 Å². The lowest BCUT2D eigenvalue weighted by molar-refractivity contribution is -0.121. The van der Waals surface area contributed by atoms with Crippen molar-refractivity contribution in [2.45, 2.75) is 39.7 Å². The molecule has 0 saturated carbocycles. The molecule has 128 valence electrons.